The molecular weight excluding hydrogens is 408 g/mol. The number of amides is 1. The number of hydrogen-bond donors (Lipinski definition) is 1. The summed E-state index contributed by atoms with van der Waals surface area (Å²) in [6, 6.07) is 8.30. The van der Waals surface area contributed by atoms with Crippen LogP contribution in [0.15, 0.2) is 24.3 Å². The molecule has 3 nitrogen and oxygen atoms in total. The van der Waals surface area contributed by atoms with Gasteiger partial charge in [-0.05, 0) is 68.6 Å². The number of rotatable bonds is 9. The fourth-order valence-electron chi connectivity index (χ4n) is 3.88. The third-order valence-electron chi connectivity index (χ3n) is 5.55. The molecule has 1 N–H and O–H groups in total. The Morgan fingerprint density at radius 2 is 1.93 bits per heavy atom. The van der Waals surface area contributed by atoms with Gasteiger partial charge in [0.25, 0.3) is 0 Å². The molecule has 0 saturated carbocycles. The second kappa shape index (κ2) is 12.4. The van der Waals surface area contributed by atoms with Crippen LogP contribution in [0.1, 0.15) is 61.5 Å². The molecular formula is C22H33ClN2OS2. The van der Waals surface area contributed by atoms with Gasteiger partial charge in [-0.15, -0.1) is 23.5 Å². The van der Waals surface area contributed by atoms with E-state index in [0.717, 1.165) is 31.0 Å². The van der Waals surface area contributed by atoms with E-state index < -0.39 is 0 Å². The van der Waals surface area contributed by atoms with E-state index in [-0.39, 0.29) is 5.91 Å². The number of nitrogens with zero attached hydrogens (tertiary/aromatic N) is 1. The molecule has 2 heterocycles. The molecule has 2 fully saturated rings. The molecule has 6 heteroatoms. The van der Waals surface area contributed by atoms with Crippen LogP contribution in [0.5, 0.6) is 0 Å². The smallest absolute Gasteiger partial charge is 0.220 e. The zero-order valence-corrected chi connectivity index (χ0v) is 19.1. The van der Waals surface area contributed by atoms with Crippen molar-refractivity contribution in [3.63, 3.8) is 0 Å². The molecule has 0 radical (unpaired) electrons. The zero-order chi connectivity index (χ0) is 19.6. The highest BCUT2D eigenvalue weighted by molar-refractivity contribution is 8.17. The Kier molecular flexibility index (Phi) is 9.86. The summed E-state index contributed by atoms with van der Waals surface area (Å²) < 4.78 is 0.522. The van der Waals surface area contributed by atoms with Gasteiger partial charge < -0.3 is 10.2 Å². The van der Waals surface area contributed by atoms with Crippen LogP contribution in [0.3, 0.4) is 0 Å². The van der Waals surface area contributed by atoms with Gasteiger partial charge in [0, 0.05) is 29.8 Å². The highest BCUT2D eigenvalue weighted by Gasteiger charge is 2.24. The molecule has 2 aliphatic heterocycles. The van der Waals surface area contributed by atoms with E-state index in [1.54, 1.807) is 0 Å². The molecule has 0 aliphatic carbocycles. The predicted molar refractivity (Wildman–Crippen MR) is 124 cm³/mol. The minimum absolute atomic E-state index is 0.225. The first-order valence-corrected chi connectivity index (χ1v) is 13.1. The molecule has 2 aliphatic rings. The van der Waals surface area contributed by atoms with Crippen molar-refractivity contribution in [1.82, 2.24) is 10.2 Å². The van der Waals surface area contributed by atoms with E-state index in [4.69, 9.17) is 11.6 Å². The summed E-state index contributed by atoms with van der Waals surface area (Å²) in [5.74, 6) is 1.45. The molecule has 3 rings (SSSR count). The monoisotopic (exact) mass is 440 g/mol. The lowest BCUT2D eigenvalue weighted by Crippen LogP contribution is -2.37. The van der Waals surface area contributed by atoms with E-state index in [9.17, 15) is 4.79 Å². The van der Waals surface area contributed by atoms with Crippen molar-refractivity contribution in [2.45, 2.75) is 61.2 Å². The summed E-state index contributed by atoms with van der Waals surface area (Å²) in [5, 5.41) is 4.62. The van der Waals surface area contributed by atoms with E-state index in [2.05, 4.69) is 34.1 Å². The van der Waals surface area contributed by atoms with Gasteiger partial charge in [-0.25, -0.2) is 0 Å². The number of carbonyl (C=O) groups excluding carboxylic acids is 1. The average Bonchev–Trinajstić information content (AvgIpc) is 2.73. The number of thioether (sulfide) groups is 2. The predicted octanol–water partition coefficient (Wildman–Crippen LogP) is 5.74. The first kappa shape index (κ1) is 22.3. The molecule has 2 saturated heterocycles. The topological polar surface area (TPSA) is 32.3 Å². The van der Waals surface area contributed by atoms with Crippen molar-refractivity contribution >= 4 is 41.0 Å². The second-order valence-electron chi connectivity index (χ2n) is 7.80. The number of nitrogens with one attached hydrogen (secondary N) is 1. The number of benzene rings is 1. The Morgan fingerprint density at radius 3 is 2.71 bits per heavy atom. The van der Waals surface area contributed by atoms with Gasteiger partial charge in [-0.2, -0.15) is 0 Å². The minimum atomic E-state index is 0.225. The molecule has 28 heavy (non-hydrogen) atoms. The number of halogens is 1. The number of unbranched alkanes of at least 4 members (excludes halogenated alkanes) is 1. The van der Waals surface area contributed by atoms with Gasteiger partial charge in [-0.3, -0.25) is 4.79 Å². The highest BCUT2D eigenvalue weighted by Crippen LogP contribution is 2.48. The quantitative estimate of drug-likeness (QED) is 0.496. The van der Waals surface area contributed by atoms with Crippen molar-refractivity contribution in [2.24, 2.45) is 0 Å². The van der Waals surface area contributed by atoms with Crippen molar-refractivity contribution in [3.8, 4) is 0 Å². The fraction of sp³-hybridized carbons (Fsp3) is 0.682. The average molecular weight is 441 g/mol. The third kappa shape index (κ3) is 7.81. The highest BCUT2D eigenvalue weighted by atomic mass is 35.5. The van der Waals surface area contributed by atoms with Crippen LogP contribution in [-0.2, 0) is 4.79 Å². The van der Waals surface area contributed by atoms with Crippen LogP contribution in [0.4, 0.5) is 0 Å². The number of likely N-dealkylation sites (tertiary alicyclic amines) is 1. The Bertz CT molecular complexity index is 593. The molecule has 2 unspecified atom stereocenters. The number of piperidine rings is 1. The van der Waals surface area contributed by atoms with E-state index in [0.29, 0.717) is 16.3 Å². The first-order valence-electron chi connectivity index (χ1n) is 10.7. The summed E-state index contributed by atoms with van der Waals surface area (Å²) >= 11 is 10.1. The van der Waals surface area contributed by atoms with Crippen molar-refractivity contribution in [3.05, 3.63) is 34.9 Å². The lowest BCUT2D eigenvalue weighted by Gasteiger charge is -2.28. The lowest BCUT2D eigenvalue weighted by atomic mass is 10.1. The van der Waals surface area contributed by atoms with Crippen molar-refractivity contribution < 1.29 is 4.79 Å². The van der Waals surface area contributed by atoms with Gasteiger partial charge in [0.2, 0.25) is 5.91 Å². The lowest BCUT2D eigenvalue weighted by molar-refractivity contribution is -0.121. The van der Waals surface area contributed by atoms with Gasteiger partial charge in [-0.1, -0.05) is 36.6 Å². The Balaban J connectivity index is 1.26. The van der Waals surface area contributed by atoms with Gasteiger partial charge in [0.05, 0.1) is 4.58 Å². The second-order valence-corrected chi connectivity index (χ2v) is 11.2. The van der Waals surface area contributed by atoms with Crippen LogP contribution < -0.4 is 5.32 Å². The molecule has 1 amide bonds. The standard InChI is InChI=1S/C22H33ClN2OS2/c23-19-10-8-18(9-11-19)22-27-17-12-20(28-22)6-2-3-7-21(26)24-13-16-25-14-4-1-5-15-25/h8-11,20,22H,1-7,12-17H2,(H,24,26). The summed E-state index contributed by atoms with van der Waals surface area (Å²) in [6.07, 6.45) is 9.31. The number of carbonyl (C=O) groups is 1. The van der Waals surface area contributed by atoms with Gasteiger partial charge in [0.1, 0.15) is 0 Å². The van der Waals surface area contributed by atoms with Crippen LogP contribution >= 0.6 is 35.1 Å². The fourth-order valence-corrected chi connectivity index (χ4v) is 7.43. The van der Waals surface area contributed by atoms with Crippen molar-refractivity contribution in [2.75, 3.05) is 31.9 Å². The minimum Gasteiger partial charge on any atom is -0.355 e. The van der Waals surface area contributed by atoms with Crippen LogP contribution in [0, 0.1) is 0 Å². The van der Waals surface area contributed by atoms with Crippen LogP contribution in [0.25, 0.3) is 0 Å². The summed E-state index contributed by atoms with van der Waals surface area (Å²) in [5.41, 5.74) is 1.37. The molecule has 0 spiro atoms. The Labute approximate surface area is 183 Å². The van der Waals surface area contributed by atoms with Gasteiger partial charge >= 0.3 is 0 Å². The molecule has 0 bridgehead atoms. The van der Waals surface area contributed by atoms with Crippen LogP contribution in [-0.4, -0.2) is 48.0 Å². The zero-order valence-electron chi connectivity index (χ0n) is 16.7. The van der Waals surface area contributed by atoms with Crippen LogP contribution in [0.2, 0.25) is 5.02 Å². The van der Waals surface area contributed by atoms with E-state index in [1.165, 1.54) is 56.5 Å². The van der Waals surface area contributed by atoms with E-state index >= 15 is 0 Å². The molecule has 1 aromatic carbocycles. The normalized spacial score (nSPS) is 23.5. The maximum Gasteiger partial charge on any atom is 0.220 e. The molecule has 2 atom stereocenters. The summed E-state index contributed by atoms with van der Waals surface area (Å²) in [4.78, 5) is 14.5. The largest absolute Gasteiger partial charge is 0.355 e. The first-order chi connectivity index (χ1) is 13.7. The Morgan fingerprint density at radius 1 is 1.14 bits per heavy atom. The third-order valence-corrected chi connectivity index (χ3v) is 8.96. The molecule has 1 aromatic rings. The maximum atomic E-state index is 12.1. The molecule has 0 aromatic heterocycles. The SMILES string of the molecule is O=C(CCCCC1CCSC(c2ccc(Cl)cc2)S1)NCCN1CCCCC1. The summed E-state index contributed by atoms with van der Waals surface area (Å²) in [7, 11) is 0. The summed E-state index contributed by atoms with van der Waals surface area (Å²) in [6.45, 7) is 4.21. The van der Waals surface area contributed by atoms with Crippen molar-refractivity contribution in [1.29, 1.82) is 0 Å². The maximum absolute atomic E-state index is 12.1. The molecule has 156 valence electrons. The van der Waals surface area contributed by atoms with Gasteiger partial charge in [0.15, 0.2) is 0 Å². The Hall–Kier alpha value is -0.360. The number of hydrogen-bond acceptors (Lipinski definition) is 4. The van der Waals surface area contributed by atoms with E-state index in [1.807, 2.05) is 23.9 Å².